The van der Waals surface area contributed by atoms with Crippen molar-refractivity contribution in [3.05, 3.63) is 26.6 Å². The topological polar surface area (TPSA) is 75.6 Å². The molecule has 0 radical (unpaired) electrons. The molecule has 0 aliphatic rings. The molecule has 6 nitrogen and oxygen atoms in total. The highest BCUT2D eigenvalue weighted by molar-refractivity contribution is 7.99. The minimum absolute atomic E-state index is 0.295. The molecule has 0 aliphatic heterocycles. The van der Waals surface area contributed by atoms with Gasteiger partial charge in [-0.05, 0) is 17.8 Å². The molecule has 0 bridgehead atoms. The molecular formula is C9H9Cl2N5OS. The largest absolute Gasteiger partial charge is 0.372 e. The number of hydrogen-bond donors (Lipinski definition) is 2. The maximum Gasteiger partial charge on any atom is 0.343 e. The van der Waals surface area contributed by atoms with E-state index in [2.05, 4.69) is 20.5 Å². The lowest BCUT2D eigenvalue weighted by Crippen LogP contribution is -2.12. The van der Waals surface area contributed by atoms with Crippen molar-refractivity contribution in [1.82, 2.24) is 19.7 Å². The summed E-state index contributed by atoms with van der Waals surface area (Å²) >= 11 is 13.2. The highest BCUT2D eigenvalue weighted by Crippen LogP contribution is 2.34. The fraction of sp³-hybridized carbons (Fsp3) is 0.222. The molecule has 0 atom stereocenters. The van der Waals surface area contributed by atoms with E-state index >= 15 is 0 Å². The first-order chi connectivity index (χ1) is 8.52. The number of aromatic amines is 1. The van der Waals surface area contributed by atoms with E-state index in [0.29, 0.717) is 26.0 Å². The lowest BCUT2D eigenvalue weighted by atomic mass is 10.4. The predicted octanol–water partition coefficient (Wildman–Crippen LogP) is 2.00. The van der Waals surface area contributed by atoms with Crippen molar-refractivity contribution in [3.63, 3.8) is 0 Å². The van der Waals surface area contributed by atoms with Gasteiger partial charge in [0.15, 0.2) is 5.16 Å². The average Bonchev–Trinajstić information content (AvgIpc) is 2.64. The third-order valence-corrected chi connectivity index (χ3v) is 3.90. The summed E-state index contributed by atoms with van der Waals surface area (Å²) in [6, 6.07) is 1.59. The van der Waals surface area contributed by atoms with Crippen LogP contribution >= 0.6 is 35.0 Å². The van der Waals surface area contributed by atoms with E-state index in [1.165, 1.54) is 16.3 Å². The second-order valence-electron chi connectivity index (χ2n) is 3.33. The Morgan fingerprint density at radius 1 is 1.44 bits per heavy atom. The number of anilines is 1. The second kappa shape index (κ2) is 5.21. The summed E-state index contributed by atoms with van der Waals surface area (Å²) in [6.45, 7) is 0. The fourth-order valence-corrected chi connectivity index (χ4v) is 2.55. The van der Waals surface area contributed by atoms with E-state index in [0.717, 1.165) is 0 Å². The lowest BCUT2D eigenvalue weighted by Gasteiger charge is -2.07. The van der Waals surface area contributed by atoms with Crippen LogP contribution in [-0.4, -0.2) is 26.8 Å². The number of pyridine rings is 1. The third kappa shape index (κ3) is 2.47. The van der Waals surface area contributed by atoms with Gasteiger partial charge in [-0.15, -0.1) is 5.10 Å². The van der Waals surface area contributed by atoms with Crippen LogP contribution in [0.1, 0.15) is 0 Å². The lowest BCUT2D eigenvalue weighted by molar-refractivity contribution is 0.765. The number of hydrogen-bond acceptors (Lipinski definition) is 5. The Balaban J connectivity index is 2.40. The Bertz CT molecular complexity index is 638. The molecule has 96 valence electrons. The van der Waals surface area contributed by atoms with Crippen LogP contribution in [-0.2, 0) is 7.05 Å². The maximum atomic E-state index is 11.2. The van der Waals surface area contributed by atoms with Crippen LogP contribution in [0.15, 0.2) is 21.0 Å². The molecule has 2 aromatic heterocycles. The summed E-state index contributed by atoms with van der Waals surface area (Å²) in [5.74, 6) is 0.518. The smallest absolute Gasteiger partial charge is 0.343 e. The van der Waals surface area contributed by atoms with Crippen LogP contribution in [0.4, 0.5) is 5.82 Å². The molecule has 2 aromatic rings. The standard InChI is InChI=1S/C9H9Cl2N5OS/c1-12-6-4(10)3-5(11)7(13-6)18-9-15-14-8(17)16(9)2/h3H,1-2H3,(H,12,13)(H,14,17). The van der Waals surface area contributed by atoms with Crippen LogP contribution < -0.4 is 11.0 Å². The normalized spacial score (nSPS) is 10.7. The van der Waals surface area contributed by atoms with Crippen LogP contribution in [0.3, 0.4) is 0 Å². The summed E-state index contributed by atoms with van der Waals surface area (Å²) in [6.07, 6.45) is 0. The summed E-state index contributed by atoms with van der Waals surface area (Å²) in [5.41, 5.74) is -0.295. The molecule has 0 saturated carbocycles. The molecule has 0 amide bonds. The maximum absolute atomic E-state index is 11.2. The van der Waals surface area contributed by atoms with Gasteiger partial charge in [0.2, 0.25) is 0 Å². The summed E-state index contributed by atoms with van der Waals surface area (Å²) in [7, 11) is 3.32. The molecule has 18 heavy (non-hydrogen) atoms. The number of nitrogens with one attached hydrogen (secondary N) is 2. The number of halogens is 2. The predicted molar refractivity (Wildman–Crippen MR) is 71.8 cm³/mol. The first kappa shape index (κ1) is 13.3. The molecule has 2 heterocycles. The molecule has 2 rings (SSSR count). The van der Waals surface area contributed by atoms with Crippen molar-refractivity contribution in [1.29, 1.82) is 0 Å². The fourth-order valence-electron chi connectivity index (χ4n) is 1.21. The highest BCUT2D eigenvalue weighted by Gasteiger charge is 2.13. The van der Waals surface area contributed by atoms with Gasteiger partial charge < -0.3 is 5.32 Å². The van der Waals surface area contributed by atoms with Crippen molar-refractivity contribution in [2.24, 2.45) is 7.05 Å². The molecule has 0 spiro atoms. The van der Waals surface area contributed by atoms with Crippen molar-refractivity contribution in [3.8, 4) is 0 Å². The Labute approximate surface area is 117 Å². The van der Waals surface area contributed by atoms with Gasteiger partial charge in [0.1, 0.15) is 10.8 Å². The molecule has 0 unspecified atom stereocenters. The number of H-pyrrole nitrogens is 1. The van der Waals surface area contributed by atoms with Gasteiger partial charge in [0.25, 0.3) is 0 Å². The van der Waals surface area contributed by atoms with Gasteiger partial charge in [-0.1, -0.05) is 23.2 Å². The van der Waals surface area contributed by atoms with E-state index in [9.17, 15) is 4.79 Å². The van der Waals surface area contributed by atoms with E-state index in [1.807, 2.05) is 0 Å². The van der Waals surface area contributed by atoms with Gasteiger partial charge in [-0.3, -0.25) is 4.57 Å². The zero-order valence-corrected chi connectivity index (χ0v) is 11.8. The minimum Gasteiger partial charge on any atom is -0.372 e. The van der Waals surface area contributed by atoms with E-state index in [4.69, 9.17) is 23.2 Å². The molecule has 0 aliphatic carbocycles. The quantitative estimate of drug-likeness (QED) is 0.907. The monoisotopic (exact) mass is 305 g/mol. The Morgan fingerprint density at radius 2 is 2.17 bits per heavy atom. The van der Waals surface area contributed by atoms with Crippen LogP contribution in [0, 0.1) is 0 Å². The number of rotatable bonds is 3. The summed E-state index contributed by atoms with van der Waals surface area (Å²) in [4.78, 5) is 15.5. The van der Waals surface area contributed by atoms with Gasteiger partial charge in [0.05, 0.1) is 10.0 Å². The van der Waals surface area contributed by atoms with Crippen LogP contribution in [0.2, 0.25) is 10.0 Å². The summed E-state index contributed by atoms with van der Waals surface area (Å²) < 4.78 is 1.37. The third-order valence-electron chi connectivity index (χ3n) is 2.16. The van der Waals surface area contributed by atoms with E-state index in [-0.39, 0.29) is 5.69 Å². The van der Waals surface area contributed by atoms with Crippen LogP contribution in [0.5, 0.6) is 0 Å². The molecule has 0 aromatic carbocycles. The van der Waals surface area contributed by atoms with E-state index < -0.39 is 0 Å². The molecular weight excluding hydrogens is 297 g/mol. The first-order valence-electron chi connectivity index (χ1n) is 4.86. The summed E-state index contributed by atoms with van der Waals surface area (Å²) in [5, 5.41) is 10.9. The van der Waals surface area contributed by atoms with Crippen molar-refractivity contribution < 1.29 is 0 Å². The van der Waals surface area contributed by atoms with Gasteiger partial charge in [0, 0.05) is 14.1 Å². The molecule has 0 fully saturated rings. The second-order valence-corrected chi connectivity index (χ2v) is 5.10. The van der Waals surface area contributed by atoms with Crippen LogP contribution in [0.25, 0.3) is 0 Å². The Kier molecular flexibility index (Phi) is 3.84. The average molecular weight is 306 g/mol. The molecule has 9 heteroatoms. The van der Waals surface area contributed by atoms with Gasteiger partial charge >= 0.3 is 5.69 Å². The molecule has 2 N–H and O–H groups in total. The number of nitrogens with zero attached hydrogens (tertiary/aromatic N) is 3. The van der Waals surface area contributed by atoms with E-state index in [1.54, 1.807) is 20.2 Å². The van der Waals surface area contributed by atoms with Crippen molar-refractivity contribution >= 4 is 40.8 Å². The minimum atomic E-state index is -0.295. The SMILES string of the molecule is CNc1nc(Sc2n[nH]c(=O)n2C)c(Cl)cc1Cl. The first-order valence-corrected chi connectivity index (χ1v) is 6.43. The zero-order chi connectivity index (χ0) is 13.3. The Morgan fingerprint density at radius 3 is 2.72 bits per heavy atom. The van der Waals surface area contributed by atoms with Crippen molar-refractivity contribution in [2.45, 2.75) is 10.2 Å². The van der Waals surface area contributed by atoms with Crippen molar-refractivity contribution in [2.75, 3.05) is 12.4 Å². The van der Waals surface area contributed by atoms with Gasteiger partial charge in [-0.25, -0.2) is 14.9 Å². The highest BCUT2D eigenvalue weighted by atomic mass is 35.5. The zero-order valence-electron chi connectivity index (χ0n) is 9.49. The Hall–Kier alpha value is -1.18. The molecule has 0 saturated heterocycles. The number of aromatic nitrogens is 4. The van der Waals surface area contributed by atoms with Gasteiger partial charge in [-0.2, -0.15) is 0 Å².